The molecule has 0 aromatic carbocycles. The van der Waals surface area contributed by atoms with Crippen molar-refractivity contribution >= 4 is 11.8 Å². The molecule has 0 rings (SSSR count). The highest BCUT2D eigenvalue weighted by molar-refractivity contribution is 6.37. The summed E-state index contributed by atoms with van der Waals surface area (Å²) in [5.41, 5.74) is 0. The van der Waals surface area contributed by atoms with Crippen molar-refractivity contribution < 1.29 is 19.8 Å². The molecule has 10 heavy (non-hydrogen) atoms. The zero-order valence-corrected chi connectivity index (χ0v) is 5.28. The van der Waals surface area contributed by atoms with Crippen LogP contribution < -0.4 is 0 Å². The summed E-state index contributed by atoms with van der Waals surface area (Å²) in [6.07, 6.45) is 2.55. The van der Waals surface area contributed by atoms with Gasteiger partial charge >= 0.3 is 5.97 Å². The van der Waals surface area contributed by atoms with Crippen LogP contribution >= 0.6 is 0 Å². The zero-order chi connectivity index (χ0) is 7.98. The van der Waals surface area contributed by atoms with Gasteiger partial charge in [0, 0.05) is 6.61 Å². The van der Waals surface area contributed by atoms with E-state index in [1.165, 1.54) is 6.08 Å². The van der Waals surface area contributed by atoms with Gasteiger partial charge in [-0.1, -0.05) is 6.08 Å². The highest BCUT2D eigenvalue weighted by Gasteiger charge is 2.04. The van der Waals surface area contributed by atoms with Gasteiger partial charge in [-0.15, -0.1) is 0 Å². The topological polar surface area (TPSA) is 74.6 Å². The fourth-order valence-electron chi connectivity index (χ4n) is 0.336. The van der Waals surface area contributed by atoms with E-state index in [2.05, 4.69) is 0 Å². The monoisotopic (exact) mass is 144 g/mol. The molecule has 0 aliphatic heterocycles. The van der Waals surface area contributed by atoms with Crippen LogP contribution in [-0.2, 0) is 9.59 Å². The van der Waals surface area contributed by atoms with Crippen molar-refractivity contribution in [2.24, 2.45) is 0 Å². The van der Waals surface area contributed by atoms with Crippen LogP contribution in [-0.4, -0.2) is 28.6 Å². The number of carboxylic acids is 1. The number of aliphatic carboxylic acids is 1. The van der Waals surface area contributed by atoms with Gasteiger partial charge < -0.3 is 10.2 Å². The third-order valence-corrected chi connectivity index (χ3v) is 0.776. The first-order valence-electron chi connectivity index (χ1n) is 2.73. The second-order valence-electron chi connectivity index (χ2n) is 1.58. The SMILES string of the molecule is O=C(O)C(=O)/C=C/CCO. The number of aliphatic hydroxyl groups excluding tert-OH is 1. The Morgan fingerprint density at radius 2 is 2.00 bits per heavy atom. The molecule has 56 valence electrons. The van der Waals surface area contributed by atoms with Crippen molar-refractivity contribution in [1.82, 2.24) is 0 Å². The molecule has 4 heteroatoms. The predicted octanol–water partition coefficient (Wildman–Crippen LogP) is -0.421. The van der Waals surface area contributed by atoms with Crippen molar-refractivity contribution in [3.05, 3.63) is 12.2 Å². The molecule has 0 bridgehead atoms. The molecule has 0 aliphatic rings. The van der Waals surface area contributed by atoms with Gasteiger partial charge in [0.2, 0.25) is 0 Å². The Morgan fingerprint density at radius 1 is 1.40 bits per heavy atom. The average Bonchev–Trinajstić information content (AvgIpc) is 1.88. The maximum absolute atomic E-state index is 10.2. The van der Waals surface area contributed by atoms with Crippen LogP contribution in [0.15, 0.2) is 12.2 Å². The van der Waals surface area contributed by atoms with E-state index < -0.39 is 11.8 Å². The third-order valence-electron chi connectivity index (χ3n) is 0.776. The molecule has 0 amide bonds. The lowest BCUT2D eigenvalue weighted by Gasteiger charge is -1.83. The highest BCUT2D eigenvalue weighted by Crippen LogP contribution is 1.82. The fraction of sp³-hybridized carbons (Fsp3) is 0.333. The molecular formula is C6H8O4. The van der Waals surface area contributed by atoms with Crippen LogP contribution in [0.2, 0.25) is 0 Å². The van der Waals surface area contributed by atoms with Gasteiger partial charge in [0.25, 0.3) is 5.78 Å². The second kappa shape index (κ2) is 4.69. The van der Waals surface area contributed by atoms with Gasteiger partial charge in [-0.25, -0.2) is 4.79 Å². The number of carboxylic acid groups (broad SMARTS) is 1. The van der Waals surface area contributed by atoms with Crippen molar-refractivity contribution in [2.45, 2.75) is 6.42 Å². The summed E-state index contributed by atoms with van der Waals surface area (Å²) in [5, 5.41) is 16.2. The Bertz CT molecular complexity index is 159. The summed E-state index contributed by atoms with van der Waals surface area (Å²) < 4.78 is 0. The number of aliphatic hydroxyl groups is 1. The molecule has 0 unspecified atom stereocenters. The molecule has 0 heterocycles. The number of carbonyl (C=O) groups excluding carboxylic acids is 1. The van der Waals surface area contributed by atoms with Crippen molar-refractivity contribution in [2.75, 3.05) is 6.61 Å². The summed E-state index contributed by atoms with van der Waals surface area (Å²) in [5.74, 6) is -2.44. The Balaban J connectivity index is 3.67. The largest absolute Gasteiger partial charge is 0.475 e. The molecule has 0 aromatic rings. The minimum atomic E-state index is -1.48. The minimum absolute atomic E-state index is 0.0800. The Kier molecular flexibility index (Phi) is 4.15. The van der Waals surface area contributed by atoms with E-state index in [1.54, 1.807) is 0 Å². The normalized spacial score (nSPS) is 10.1. The van der Waals surface area contributed by atoms with Gasteiger partial charge in [0.1, 0.15) is 0 Å². The van der Waals surface area contributed by atoms with Crippen LogP contribution in [0.3, 0.4) is 0 Å². The standard InChI is InChI=1S/C6H8O4/c7-4-2-1-3-5(8)6(9)10/h1,3,7H,2,4H2,(H,9,10)/b3-1+. The van der Waals surface area contributed by atoms with Gasteiger partial charge in [-0.05, 0) is 12.5 Å². The van der Waals surface area contributed by atoms with Gasteiger partial charge in [-0.3, -0.25) is 4.79 Å². The van der Waals surface area contributed by atoms with Gasteiger partial charge in [0.05, 0.1) is 0 Å². The highest BCUT2D eigenvalue weighted by atomic mass is 16.4. The molecule has 0 radical (unpaired) electrons. The molecule has 0 fully saturated rings. The Labute approximate surface area is 57.8 Å². The summed E-state index contributed by atoms with van der Waals surface area (Å²) in [4.78, 5) is 20.1. The summed E-state index contributed by atoms with van der Waals surface area (Å²) in [7, 11) is 0. The molecule has 2 N–H and O–H groups in total. The number of hydrogen-bond donors (Lipinski definition) is 2. The average molecular weight is 144 g/mol. The van der Waals surface area contributed by atoms with E-state index in [0.717, 1.165) is 6.08 Å². The number of carbonyl (C=O) groups is 2. The number of rotatable bonds is 4. The first-order chi connectivity index (χ1) is 4.68. The third kappa shape index (κ3) is 3.80. The Morgan fingerprint density at radius 3 is 2.40 bits per heavy atom. The molecule has 0 saturated carbocycles. The molecule has 0 aliphatic carbocycles. The van der Waals surface area contributed by atoms with E-state index in [4.69, 9.17) is 10.2 Å². The van der Waals surface area contributed by atoms with Crippen molar-refractivity contribution in [3.8, 4) is 0 Å². The fourth-order valence-corrected chi connectivity index (χ4v) is 0.336. The molecule has 4 nitrogen and oxygen atoms in total. The van der Waals surface area contributed by atoms with Crippen molar-refractivity contribution in [3.63, 3.8) is 0 Å². The summed E-state index contributed by atoms with van der Waals surface area (Å²) >= 11 is 0. The number of ketones is 1. The predicted molar refractivity (Wildman–Crippen MR) is 33.5 cm³/mol. The lowest BCUT2D eigenvalue weighted by Crippen LogP contribution is -2.08. The minimum Gasteiger partial charge on any atom is -0.475 e. The van der Waals surface area contributed by atoms with Crippen LogP contribution in [0.1, 0.15) is 6.42 Å². The first-order valence-corrected chi connectivity index (χ1v) is 2.73. The van der Waals surface area contributed by atoms with E-state index in [-0.39, 0.29) is 6.61 Å². The summed E-state index contributed by atoms with van der Waals surface area (Å²) in [6.45, 7) is -0.0800. The molecule has 0 aromatic heterocycles. The van der Waals surface area contributed by atoms with Crippen LogP contribution in [0, 0.1) is 0 Å². The van der Waals surface area contributed by atoms with Crippen LogP contribution in [0.4, 0.5) is 0 Å². The van der Waals surface area contributed by atoms with Gasteiger partial charge in [-0.2, -0.15) is 0 Å². The zero-order valence-electron chi connectivity index (χ0n) is 5.28. The Hall–Kier alpha value is -1.16. The van der Waals surface area contributed by atoms with E-state index in [9.17, 15) is 9.59 Å². The molecule has 0 atom stereocenters. The second-order valence-corrected chi connectivity index (χ2v) is 1.58. The smallest absolute Gasteiger partial charge is 0.376 e. The lowest BCUT2D eigenvalue weighted by molar-refractivity contribution is -0.146. The van der Waals surface area contributed by atoms with Gasteiger partial charge in [0.15, 0.2) is 0 Å². The molecule has 0 spiro atoms. The first kappa shape index (κ1) is 8.84. The lowest BCUT2D eigenvalue weighted by atomic mass is 10.3. The number of hydrogen-bond acceptors (Lipinski definition) is 3. The maximum Gasteiger partial charge on any atom is 0.376 e. The molecular weight excluding hydrogens is 136 g/mol. The van der Waals surface area contributed by atoms with E-state index in [0.29, 0.717) is 6.42 Å². The van der Waals surface area contributed by atoms with E-state index >= 15 is 0 Å². The maximum atomic E-state index is 10.2. The molecule has 0 saturated heterocycles. The van der Waals surface area contributed by atoms with E-state index in [1.807, 2.05) is 0 Å². The quantitative estimate of drug-likeness (QED) is 0.415. The summed E-state index contributed by atoms with van der Waals surface area (Å²) in [6, 6.07) is 0. The van der Waals surface area contributed by atoms with Crippen molar-refractivity contribution in [1.29, 1.82) is 0 Å². The van der Waals surface area contributed by atoms with Crippen LogP contribution in [0.5, 0.6) is 0 Å². The van der Waals surface area contributed by atoms with Crippen LogP contribution in [0.25, 0.3) is 0 Å².